The lowest BCUT2D eigenvalue weighted by molar-refractivity contribution is -0.144. The summed E-state index contributed by atoms with van der Waals surface area (Å²) < 4.78 is 24.2. The smallest absolute Gasteiger partial charge is 0.308 e. The Kier molecular flexibility index (Phi) is 5.84. The molecule has 0 saturated carbocycles. The van der Waals surface area contributed by atoms with Gasteiger partial charge in [0, 0.05) is 25.0 Å². The van der Waals surface area contributed by atoms with E-state index < -0.39 is 18.0 Å². The molecular weight excluding hydrogens is 311 g/mol. The van der Waals surface area contributed by atoms with Gasteiger partial charge in [-0.05, 0) is 18.2 Å². The van der Waals surface area contributed by atoms with Crippen LogP contribution in [0.2, 0.25) is 0 Å². The quantitative estimate of drug-likeness (QED) is 0.613. The summed E-state index contributed by atoms with van der Waals surface area (Å²) in [7, 11) is 0. The molecule has 4 nitrogen and oxygen atoms in total. The van der Waals surface area contributed by atoms with Crippen LogP contribution in [0.15, 0.2) is 54.6 Å². The SMILES string of the molecule is CC(=O)Oc1ccccc1C(C=Cc1ccccc1F)OC(C)=O. The van der Waals surface area contributed by atoms with Gasteiger partial charge in [0.15, 0.2) is 0 Å². The first-order valence-electron chi connectivity index (χ1n) is 7.34. The maximum atomic E-state index is 13.7. The Morgan fingerprint density at radius 2 is 1.67 bits per heavy atom. The molecule has 0 radical (unpaired) electrons. The van der Waals surface area contributed by atoms with Crippen molar-refractivity contribution in [1.82, 2.24) is 0 Å². The monoisotopic (exact) mass is 328 g/mol. The molecule has 0 aliphatic rings. The number of ether oxygens (including phenoxy) is 2. The fourth-order valence-electron chi connectivity index (χ4n) is 2.15. The van der Waals surface area contributed by atoms with Crippen molar-refractivity contribution in [2.24, 2.45) is 0 Å². The number of hydrogen-bond donors (Lipinski definition) is 0. The highest BCUT2D eigenvalue weighted by atomic mass is 19.1. The fourth-order valence-corrected chi connectivity index (χ4v) is 2.15. The van der Waals surface area contributed by atoms with Gasteiger partial charge in [-0.2, -0.15) is 0 Å². The van der Waals surface area contributed by atoms with Crippen molar-refractivity contribution in [1.29, 1.82) is 0 Å². The normalized spacial score (nSPS) is 12.0. The lowest BCUT2D eigenvalue weighted by Gasteiger charge is -2.16. The van der Waals surface area contributed by atoms with Crippen LogP contribution in [-0.2, 0) is 14.3 Å². The van der Waals surface area contributed by atoms with Gasteiger partial charge in [0.1, 0.15) is 17.7 Å². The third-order valence-electron chi connectivity index (χ3n) is 3.13. The Morgan fingerprint density at radius 3 is 2.33 bits per heavy atom. The summed E-state index contributed by atoms with van der Waals surface area (Å²) in [6.45, 7) is 2.56. The lowest BCUT2D eigenvalue weighted by atomic mass is 10.1. The molecule has 2 aromatic rings. The van der Waals surface area contributed by atoms with Gasteiger partial charge in [0.25, 0.3) is 0 Å². The summed E-state index contributed by atoms with van der Waals surface area (Å²) >= 11 is 0. The predicted octanol–water partition coefficient (Wildman–Crippen LogP) is 4.07. The topological polar surface area (TPSA) is 52.6 Å². The molecule has 0 saturated heterocycles. The molecule has 5 heteroatoms. The second-order valence-corrected chi connectivity index (χ2v) is 5.04. The summed E-state index contributed by atoms with van der Waals surface area (Å²) in [4.78, 5) is 22.6. The molecule has 2 rings (SSSR count). The Bertz CT molecular complexity index is 767. The number of rotatable bonds is 5. The van der Waals surface area contributed by atoms with Gasteiger partial charge < -0.3 is 9.47 Å². The molecule has 0 aliphatic heterocycles. The third kappa shape index (κ3) is 4.78. The summed E-state index contributed by atoms with van der Waals surface area (Å²) in [5.41, 5.74) is 0.857. The van der Waals surface area contributed by atoms with Crippen molar-refractivity contribution >= 4 is 18.0 Å². The van der Waals surface area contributed by atoms with Crippen LogP contribution in [-0.4, -0.2) is 11.9 Å². The maximum Gasteiger partial charge on any atom is 0.308 e. The third-order valence-corrected chi connectivity index (χ3v) is 3.13. The zero-order valence-electron chi connectivity index (χ0n) is 13.4. The summed E-state index contributed by atoms with van der Waals surface area (Å²) in [5.74, 6) is -1.09. The predicted molar refractivity (Wildman–Crippen MR) is 87.7 cm³/mol. The highest BCUT2D eigenvalue weighted by molar-refractivity contribution is 5.70. The number of halogens is 1. The number of carbonyl (C=O) groups is 2. The van der Waals surface area contributed by atoms with Gasteiger partial charge >= 0.3 is 11.9 Å². The lowest BCUT2D eigenvalue weighted by Crippen LogP contribution is -2.10. The van der Waals surface area contributed by atoms with Crippen LogP contribution >= 0.6 is 0 Å². The van der Waals surface area contributed by atoms with E-state index in [-0.39, 0.29) is 11.6 Å². The first-order valence-corrected chi connectivity index (χ1v) is 7.34. The van der Waals surface area contributed by atoms with Crippen molar-refractivity contribution in [3.63, 3.8) is 0 Å². The minimum Gasteiger partial charge on any atom is -0.453 e. The number of benzene rings is 2. The molecule has 24 heavy (non-hydrogen) atoms. The molecule has 0 heterocycles. The van der Waals surface area contributed by atoms with Crippen LogP contribution in [0.25, 0.3) is 6.08 Å². The van der Waals surface area contributed by atoms with Gasteiger partial charge in [-0.1, -0.05) is 42.5 Å². The second-order valence-electron chi connectivity index (χ2n) is 5.04. The summed E-state index contributed by atoms with van der Waals surface area (Å²) in [6.07, 6.45) is 2.26. The minimum atomic E-state index is -0.808. The number of hydrogen-bond acceptors (Lipinski definition) is 4. The Hall–Kier alpha value is -2.95. The highest BCUT2D eigenvalue weighted by Crippen LogP contribution is 2.29. The zero-order chi connectivity index (χ0) is 17.5. The molecular formula is C19H17FO4. The molecule has 2 aromatic carbocycles. The molecule has 0 N–H and O–H groups in total. The van der Waals surface area contributed by atoms with Crippen molar-refractivity contribution in [2.75, 3.05) is 0 Å². The van der Waals surface area contributed by atoms with Crippen LogP contribution in [0, 0.1) is 5.82 Å². The molecule has 0 bridgehead atoms. The second kappa shape index (κ2) is 8.06. The van der Waals surface area contributed by atoms with Crippen molar-refractivity contribution in [3.05, 3.63) is 71.6 Å². The molecule has 124 valence electrons. The molecule has 0 fully saturated rings. The van der Waals surface area contributed by atoms with Crippen LogP contribution in [0.5, 0.6) is 5.75 Å². The van der Waals surface area contributed by atoms with E-state index in [9.17, 15) is 14.0 Å². The Balaban J connectivity index is 2.37. The van der Waals surface area contributed by atoms with Crippen LogP contribution in [0.1, 0.15) is 31.1 Å². The number of para-hydroxylation sites is 1. The van der Waals surface area contributed by atoms with E-state index in [4.69, 9.17) is 9.47 Å². The summed E-state index contributed by atoms with van der Waals surface area (Å²) in [6, 6.07) is 13.0. The molecule has 0 spiro atoms. The summed E-state index contributed by atoms with van der Waals surface area (Å²) in [5, 5.41) is 0. The molecule has 1 atom stereocenters. The maximum absolute atomic E-state index is 13.7. The Morgan fingerprint density at radius 1 is 1.00 bits per heavy atom. The largest absolute Gasteiger partial charge is 0.453 e. The average Bonchev–Trinajstić information content (AvgIpc) is 2.52. The van der Waals surface area contributed by atoms with E-state index in [0.717, 1.165) is 0 Å². The first-order chi connectivity index (χ1) is 11.5. The molecule has 1 unspecified atom stereocenters. The molecule has 0 amide bonds. The van der Waals surface area contributed by atoms with Crippen molar-refractivity contribution in [3.8, 4) is 5.75 Å². The van der Waals surface area contributed by atoms with E-state index in [1.165, 1.54) is 26.0 Å². The standard InChI is InChI=1S/C19H17FO4/c1-13(21)23-18-10-6-4-8-16(18)19(24-14(2)22)12-11-15-7-3-5-9-17(15)20/h3-12,19H,1-2H3. The van der Waals surface area contributed by atoms with Crippen molar-refractivity contribution in [2.45, 2.75) is 20.0 Å². The fraction of sp³-hybridized carbons (Fsp3) is 0.158. The van der Waals surface area contributed by atoms with Crippen LogP contribution in [0.4, 0.5) is 4.39 Å². The van der Waals surface area contributed by atoms with Gasteiger partial charge in [-0.25, -0.2) is 4.39 Å². The molecule has 0 aromatic heterocycles. The van der Waals surface area contributed by atoms with Gasteiger partial charge in [-0.3, -0.25) is 9.59 Å². The zero-order valence-corrected chi connectivity index (χ0v) is 13.4. The van der Waals surface area contributed by atoms with Gasteiger partial charge in [0.05, 0.1) is 0 Å². The molecule has 0 aliphatic carbocycles. The van der Waals surface area contributed by atoms with Crippen LogP contribution < -0.4 is 4.74 Å². The number of carbonyl (C=O) groups excluding carboxylic acids is 2. The van der Waals surface area contributed by atoms with Crippen molar-refractivity contribution < 1.29 is 23.5 Å². The highest BCUT2D eigenvalue weighted by Gasteiger charge is 2.17. The number of esters is 2. The van der Waals surface area contributed by atoms with E-state index in [2.05, 4.69) is 0 Å². The van der Waals surface area contributed by atoms with E-state index in [1.807, 2.05) is 0 Å². The van der Waals surface area contributed by atoms with Gasteiger partial charge in [-0.15, -0.1) is 0 Å². The Labute approximate surface area is 139 Å². The van der Waals surface area contributed by atoms with E-state index in [1.54, 1.807) is 48.5 Å². The van der Waals surface area contributed by atoms with E-state index >= 15 is 0 Å². The minimum absolute atomic E-state index is 0.287. The van der Waals surface area contributed by atoms with Gasteiger partial charge in [0.2, 0.25) is 0 Å². The average molecular weight is 328 g/mol. The van der Waals surface area contributed by atoms with E-state index in [0.29, 0.717) is 11.1 Å². The first kappa shape index (κ1) is 17.4. The van der Waals surface area contributed by atoms with Crippen LogP contribution in [0.3, 0.4) is 0 Å².